The van der Waals surface area contributed by atoms with Crippen LogP contribution in [0.5, 0.6) is 5.75 Å². The number of nitrogens with two attached hydrogens (primary N) is 2. The fourth-order valence-corrected chi connectivity index (χ4v) is 3.36. The van der Waals surface area contributed by atoms with E-state index in [1.807, 2.05) is 39.0 Å². The molecule has 2 unspecified atom stereocenters. The van der Waals surface area contributed by atoms with Gasteiger partial charge in [0.1, 0.15) is 11.6 Å². The third-order valence-electron chi connectivity index (χ3n) is 4.86. The minimum Gasteiger partial charge on any atom is -0.492 e. The number of ether oxygens (including phenoxy) is 1. The molecule has 0 saturated carbocycles. The Hall–Kier alpha value is -2.46. The van der Waals surface area contributed by atoms with E-state index in [9.17, 15) is 4.39 Å². The Bertz CT molecular complexity index is 794. The van der Waals surface area contributed by atoms with E-state index in [0.29, 0.717) is 42.3 Å². The van der Waals surface area contributed by atoms with Gasteiger partial charge in [-0.15, -0.1) is 0 Å². The summed E-state index contributed by atoms with van der Waals surface area (Å²) in [6, 6.07) is 5.61. The van der Waals surface area contributed by atoms with Crippen molar-refractivity contribution in [2.75, 3.05) is 26.4 Å². The summed E-state index contributed by atoms with van der Waals surface area (Å²) in [4.78, 5) is 0. The summed E-state index contributed by atoms with van der Waals surface area (Å²) in [5, 5.41) is 20.7. The van der Waals surface area contributed by atoms with Crippen molar-refractivity contribution in [3.63, 3.8) is 0 Å². The lowest BCUT2D eigenvalue weighted by Crippen LogP contribution is -2.57. The van der Waals surface area contributed by atoms with Gasteiger partial charge in [-0.2, -0.15) is 0 Å². The molecule has 1 aliphatic rings. The van der Waals surface area contributed by atoms with Crippen molar-refractivity contribution in [1.29, 1.82) is 5.41 Å². The zero-order valence-corrected chi connectivity index (χ0v) is 18.6. The molecule has 8 nitrogen and oxygen atoms in total. The number of fused-ring (bicyclic) bond motifs is 1. The smallest absolute Gasteiger partial charge is 0.129 e. The van der Waals surface area contributed by atoms with Crippen LogP contribution in [0.3, 0.4) is 0 Å². The molecule has 0 fully saturated rings. The largest absolute Gasteiger partial charge is 0.492 e. The lowest BCUT2D eigenvalue weighted by atomic mass is 10.0. The number of halogens is 1. The predicted octanol–water partition coefficient (Wildman–Crippen LogP) is 1.45. The summed E-state index contributed by atoms with van der Waals surface area (Å²) >= 11 is 0. The van der Waals surface area contributed by atoms with E-state index >= 15 is 0 Å². The maximum atomic E-state index is 15.0. The lowest BCUT2D eigenvalue weighted by Gasteiger charge is -2.30. The number of allylic oxidation sites excluding steroid dienone is 1. The molecule has 1 aliphatic heterocycles. The van der Waals surface area contributed by atoms with Crippen LogP contribution in [0.15, 0.2) is 30.2 Å². The Morgan fingerprint density at radius 2 is 2.06 bits per heavy atom. The van der Waals surface area contributed by atoms with Gasteiger partial charge in [-0.05, 0) is 38.5 Å². The molecule has 1 aromatic carbocycles. The second-order valence-electron chi connectivity index (χ2n) is 7.72. The van der Waals surface area contributed by atoms with Gasteiger partial charge in [0.05, 0.1) is 24.5 Å². The van der Waals surface area contributed by atoms with Crippen molar-refractivity contribution >= 4 is 17.5 Å². The third-order valence-corrected chi connectivity index (χ3v) is 4.86. The number of benzene rings is 1. The SMILES string of the molecule is CC(C)NC(NCN)C(C)NC1=C(F)CCOc2cc(/C(C=N)=C/NCCN)ccc21. The van der Waals surface area contributed by atoms with Crippen molar-refractivity contribution in [3.8, 4) is 5.75 Å². The number of rotatable bonds is 12. The Morgan fingerprint density at radius 1 is 1.29 bits per heavy atom. The average Bonchev–Trinajstić information content (AvgIpc) is 2.89. The summed E-state index contributed by atoms with van der Waals surface area (Å²) in [5.74, 6) is 0.327. The van der Waals surface area contributed by atoms with Crippen LogP contribution < -0.4 is 37.5 Å². The lowest BCUT2D eigenvalue weighted by molar-refractivity contribution is 0.314. The van der Waals surface area contributed by atoms with E-state index in [-0.39, 0.29) is 37.1 Å². The standard InChI is InChI=1S/C22H36FN7O/c1-14(2)29-22(28-13-26)15(3)30-21-18-5-4-16(17(11-25)12-27-8-7-24)10-20(18)31-9-6-19(21)23/h4-5,10-12,14-15,22,25,27-30H,6-9,13,24,26H2,1-3H3/b17-12+,25-11?. The predicted molar refractivity (Wildman–Crippen MR) is 125 cm³/mol. The van der Waals surface area contributed by atoms with E-state index in [4.69, 9.17) is 21.6 Å². The molecule has 9 N–H and O–H groups in total. The molecule has 0 amide bonds. The highest BCUT2D eigenvalue weighted by Crippen LogP contribution is 2.34. The fraction of sp³-hybridized carbons (Fsp3) is 0.500. The first kappa shape index (κ1) is 24.8. The second-order valence-corrected chi connectivity index (χ2v) is 7.72. The van der Waals surface area contributed by atoms with Crippen molar-refractivity contribution in [1.82, 2.24) is 21.3 Å². The van der Waals surface area contributed by atoms with Crippen LogP contribution in [0.2, 0.25) is 0 Å². The molecule has 2 atom stereocenters. The molecular formula is C22H36FN7O. The first-order valence-corrected chi connectivity index (χ1v) is 10.7. The fourth-order valence-electron chi connectivity index (χ4n) is 3.36. The Kier molecular flexibility index (Phi) is 9.93. The highest BCUT2D eigenvalue weighted by Gasteiger charge is 2.24. The van der Waals surface area contributed by atoms with Gasteiger partial charge in [0.2, 0.25) is 0 Å². The zero-order valence-electron chi connectivity index (χ0n) is 18.6. The highest BCUT2D eigenvalue weighted by molar-refractivity contribution is 6.08. The average molecular weight is 434 g/mol. The molecular weight excluding hydrogens is 397 g/mol. The van der Waals surface area contributed by atoms with Gasteiger partial charge in [0, 0.05) is 55.8 Å². The van der Waals surface area contributed by atoms with E-state index in [0.717, 1.165) is 5.56 Å². The summed E-state index contributed by atoms with van der Waals surface area (Å²) < 4.78 is 20.8. The zero-order chi connectivity index (χ0) is 22.8. The molecule has 0 aliphatic carbocycles. The van der Waals surface area contributed by atoms with Crippen molar-refractivity contribution < 1.29 is 9.13 Å². The summed E-state index contributed by atoms with van der Waals surface area (Å²) in [7, 11) is 0. The quantitative estimate of drug-likeness (QED) is 0.151. The molecule has 0 radical (unpaired) electrons. The number of nitrogens with one attached hydrogen (secondary N) is 5. The van der Waals surface area contributed by atoms with Gasteiger partial charge in [-0.3, -0.25) is 10.6 Å². The minimum atomic E-state index is -0.248. The van der Waals surface area contributed by atoms with Gasteiger partial charge < -0.3 is 32.2 Å². The maximum Gasteiger partial charge on any atom is 0.129 e. The van der Waals surface area contributed by atoms with E-state index in [1.165, 1.54) is 6.21 Å². The van der Waals surface area contributed by atoms with Crippen molar-refractivity contribution in [2.45, 2.75) is 45.4 Å². The Morgan fingerprint density at radius 3 is 2.71 bits per heavy atom. The molecule has 0 bridgehead atoms. The van der Waals surface area contributed by atoms with Crippen LogP contribution in [-0.2, 0) is 0 Å². The maximum absolute atomic E-state index is 15.0. The number of hydrogen-bond donors (Lipinski definition) is 7. The molecule has 2 rings (SSSR count). The molecule has 0 spiro atoms. The summed E-state index contributed by atoms with van der Waals surface area (Å²) in [6.07, 6.45) is 3.05. The van der Waals surface area contributed by atoms with Gasteiger partial charge in [-0.25, -0.2) is 4.39 Å². The van der Waals surface area contributed by atoms with Crippen LogP contribution in [-0.4, -0.2) is 50.8 Å². The Balaban J connectivity index is 2.32. The normalized spacial score (nSPS) is 16.3. The summed E-state index contributed by atoms with van der Waals surface area (Å²) in [6.45, 7) is 7.72. The van der Waals surface area contributed by atoms with Crippen LogP contribution >= 0.6 is 0 Å². The molecule has 31 heavy (non-hydrogen) atoms. The second kappa shape index (κ2) is 12.4. The topological polar surface area (TPSA) is 133 Å². The summed E-state index contributed by atoms with van der Waals surface area (Å²) in [5.41, 5.74) is 13.8. The van der Waals surface area contributed by atoms with Gasteiger partial charge >= 0.3 is 0 Å². The highest BCUT2D eigenvalue weighted by atomic mass is 19.1. The number of hydrogen-bond acceptors (Lipinski definition) is 8. The van der Waals surface area contributed by atoms with Crippen LogP contribution in [0.4, 0.5) is 4.39 Å². The molecule has 172 valence electrons. The van der Waals surface area contributed by atoms with Crippen molar-refractivity contribution in [3.05, 3.63) is 41.4 Å². The molecule has 1 heterocycles. The van der Waals surface area contributed by atoms with Gasteiger partial charge in [0.25, 0.3) is 0 Å². The third kappa shape index (κ3) is 7.03. The first-order valence-electron chi connectivity index (χ1n) is 10.7. The van der Waals surface area contributed by atoms with E-state index in [1.54, 1.807) is 6.20 Å². The van der Waals surface area contributed by atoms with Crippen molar-refractivity contribution in [2.24, 2.45) is 11.5 Å². The van der Waals surface area contributed by atoms with Gasteiger partial charge in [0.15, 0.2) is 0 Å². The van der Waals surface area contributed by atoms with Gasteiger partial charge in [-0.1, -0.05) is 6.07 Å². The molecule has 9 heteroatoms. The van der Waals surface area contributed by atoms with Crippen LogP contribution in [0, 0.1) is 5.41 Å². The van der Waals surface area contributed by atoms with Crippen LogP contribution in [0.1, 0.15) is 38.3 Å². The molecule has 1 aromatic rings. The Labute approximate surface area is 184 Å². The monoisotopic (exact) mass is 433 g/mol. The first-order chi connectivity index (χ1) is 14.9. The van der Waals surface area contributed by atoms with E-state index < -0.39 is 0 Å². The van der Waals surface area contributed by atoms with Crippen LogP contribution in [0.25, 0.3) is 11.3 Å². The molecule has 0 aromatic heterocycles. The molecule has 0 saturated heterocycles. The van der Waals surface area contributed by atoms with E-state index in [2.05, 4.69) is 21.3 Å². The minimum absolute atomic E-state index is 0.140.